The lowest BCUT2D eigenvalue weighted by atomic mass is 10.0. The molecule has 0 unspecified atom stereocenters. The number of nitrogens with one attached hydrogen (secondary N) is 1. The summed E-state index contributed by atoms with van der Waals surface area (Å²) in [5.41, 5.74) is 5.17. The van der Waals surface area contributed by atoms with Crippen molar-refractivity contribution < 1.29 is 18.7 Å². The second kappa shape index (κ2) is 11.9. The molecule has 43 heavy (non-hydrogen) atoms. The topological polar surface area (TPSA) is 88.9 Å². The van der Waals surface area contributed by atoms with E-state index in [1.807, 2.05) is 23.1 Å². The Bertz CT molecular complexity index is 1610. The van der Waals surface area contributed by atoms with Gasteiger partial charge in [0.05, 0.1) is 23.9 Å². The van der Waals surface area contributed by atoms with Gasteiger partial charge in [0.25, 0.3) is 5.91 Å². The Hall–Kier alpha value is -4.68. The first-order valence-corrected chi connectivity index (χ1v) is 14.6. The maximum absolute atomic E-state index is 14.5. The fourth-order valence-corrected chi connectivity index (χ4v) is 6.22. The fourth-order valence-electron chi connectivity index (χ4n) is 6.22. The van der Waals surface area contributed by atoms with Gasteiger partial charge in [-0.25, -0.2) is 4.39 Å². The molecule has 6 rings (SSSR count). The number of piperidine rings is 1. The summed E-state index contributed by atoms with van der Waals surface area (Å²) in [4.78, 5) is 31.7. The number of hydrogen-bond acceptors (Lipinski definition) is 6. The second-order valence-corrected chi connectivity index (χ2v) is 11.4. The minimum atomic E-state index is -0.507. The van der Waals surface area contributed by atoms with Gasteiger partial charge in [-0.2, -0.15) is 5.26 Å². The summed E-state index contributed by atoms with van der Waals surface area (Å²) in [5, 5.41) is 11.8. The molecule has 9 heteroatoms. The average Bonchev–Trinajstić information content (AvgIpc) is 3.36. The summed E-state index contributed by atoms with van der Waals surface area (Å²) in [6, 6.07) is 20.2. The fraction of sp³-hybridized carbons (Fsp3) is 0.324. The summed E-state index contributed by atoms with van der Waals surface area (Å²) in [5.74, 6) is -0.0282. The normalized spacial score (nSPS) is 19.6. The molecule has 2 amide bonds. The highest BCUT2D eigenvalue weighted by Crippen LogP contribution is 2.34. The molecule has 3 heterocycles. The molecule has 3 aliphatic heterocycles. The Balaban J connectivity index is 1.05. The molecule has 0 spiro atoms. The van der Waals surface area contributed by atoms with Gasteiger partial charge in [0.15, 0.2) is 0 Å². The number of amides is 2. The van der Waals surface area contributed by atoms with Crippen LogP contribution in [0.5, 0.6) is 5.75 Å². The minimum absolute atomic E-state index is 0.144. The second-order valence-electron chi connectivity index (χ2n) is 11.4. The van der Waals surface area contributed by atoms with Gasteiger partial charge in [0.2, 0.25) is 5.91 Å². The van der Waals surface area contributed by atoms with E-state index in [1.54, 1.807) is 23.1 Å². The molecule has 2 fully saturated rings. The van der Waals surface area contributed by atoms with Crippen molar-refractivity contribution >= 4 is 17.5 Å². The molecule has 0 aromatic heterocycles. The molecule has 0 radical (unpaired) electrons. The monoisotopic (exact) mass is 579 g/mol. The van der Waals surface area contributed by atoms with E-state index in [0.29, 0.717) is 67.3 Å². The number of hydrogen-bond donors (Lipinski definition) is 1. The van der Waals surface area contributed by atoms with Gasteiger partial charge in [-0.3, -0.25) is 14.5 Å². The first kappa shape index (κ1) is 28.4. The zero-order chi connectivity index (χ0) is 30.1. The van der Waals surface area contributed by atoms with Crippen molar-refractivity contribution in [2.24, 2.45) is 0 Å². The standard InChI is InChI=1S/C34H34FN5O3/c1-22-6-12-31(33(41)37-22)40-20-28-27(34(40)42)4-3-5-32(28)43-21-24-7-10-26(11-8-24)23(2)38-14-16-39(17-15-38)30-13-9-25(19-36)18-29(30)35/h3-5,7-11,13,18,23,31H,1,6,12,14-17,20-21H2,2H3,(H,37,41)/t23-,31-/m0/s1. The van der Waals surface area contributed by atoms with Gasteiger partial charge >= 0.3 is 0 Å². The van der Waals surface area contributed by atoms with E-state index in [0.717, 1.165) is 24.2 Å². The lowest BCUT2D eigenvalue weighted by Crippen LogP contribution is -2.49. The van der Waals surface area contributed by atoms with E-state index in [4.69, 9.17) is 10.00 Å². The highest BCUT2D eigenvalue weighted by Gasteiger charge is 2.39. The summed E-state index contributed by atoms with van der Waals surface area (Å²) in [6.45, 7) is 9.74. The zero-order valence-electron chi connectivity index (χ0n) is 24.2. The van der Waals surface area contributed by atoms with Crippen LogP contribution in [0.2, 0.25) is 0 Å². The van der Waals surface area contributed by atoms with E-state index in [1.165, 1.54) is 11.6 Å². The number of fused-ring (bicyclic) bond motifs is 1. The van der Waals surface area contributed by atoms with Gasteiger partial charge in [-0.05, 0) is 61.2 Å². The van der Waals surface area contributed by atoms with Crippen LogP contribution in [0.15, 0.2) is 72.9 Å². The third kappa shape index (κ3) is 5.71. The molecule has 0 bridgehead atoms. The van der Waals surface area contributed by atoms with Crippen LogP contribution in [0, 0.1) is 17.1 Å². The van der Waals surface area contributed by atoms with Crippen LogP contribution in [0.4, 0.5) is 10.1 Å². The van der Waals surface area contributed by atoms with Crippen LogP contribution in [0.25, 0.3) is 0 Å². The van der Waals surface area contributed by atoms with E-state index in [2.05, 4.69) is 48.0 Å². The van der Waals surface area contributed by atoms with Crippen LogP contribution in [-0.4, -0.2) is 53.8 Å². The number of piperazine rings is 1. The van der Waals surface area contributed by atoms with E-state index in [-0.39, 0.29) is 23.7 Å². The SMILES string of the molecule is C=C1CC[C@H](N2Cc3c(OCc4ccc([C@H](C)N5CCN(c6ccc(C#N)cc6F)CC5)cc4)cccc3C2=O)C(=O)N1. The number of carbonyl (C=O) groups excluding carboxylic acids is 2. The number of nitrogens with zero attached hydrogens (tertiary/aromatic N) is 4. The number of allylic oxidation sites excluding steroid dienone is 1. The summed E-state index contributed by atoms with van der Waals surface area (Å²) < 4.78 is 20.7. The van der Waals surface area contributed by atoms with Crippen molar-refractivity contribution in [3.05, 3.63) is 107 Å². The van der Waals surface area contributed by atoms with Crippen LogP contribution < -0.4 is 15.0 Å². The van der Waals surface area contributed by atoms with Gasteiger partial charge in [-0.15, -0.1) is 0 Å². The third-order valence-corrected chi connectivity index (χ3v) is 8.79. The Morgan fingerprint density at radius 2 is 1.86 bits per heavy atom. The predicted molar refractivity (Wildman–Crippen MR) is 161 cm³/mol. The van der Waals surface area contributed by atoms with Gasteiger partial charge in [-0.1, -0.05) is 36.9 Å². The van der Waals surface area contributed by atoms with Crippen molar-refractivity contribution in [1.82, 2.24) is 15.1 Å². The maximum atomic E-state index is 14.5. The highest BCUT2D eigenvalue weighted by molar-refractivity contribution is 6.02. The number of benzene rings is 3. The molecule has 1 N–H and O–H groups in total. The number of nitriles is 1. The van der Waals surface area contributed by atoms with Crippen LogP contribution in [-0.2, 0) is 17.9 Å². The molecule has 0 saturated carbocycles. The van der Waals surface area contributed by atoms with Crippen LogP contribution >= 0.6 is 0 Å². The van der Waals surface area contributed by atoms with Crippen molar-refractivity contribution in [2.45, 2.75) is 45.0 Å². The Labute approximate surface area is 251 Å². The molecule has 8 nitrogen and oxygen atoms in total. The molecule has 3 aromatic rings. The van der Waals surface area contributed by atoms with E-state index < -0.39 is 6.04 Å². The number of anilines is 1. The average molecular weight is 580 g/mol. The van der Waals surface area contributed by atoms with E-state index in [9.17, 15) is 14.0 Å². The van der Waals surface area contributed by atoms with Crippen LogP contribution in [0.1, 0.15) is 58.4 Å². The van der Waals surface area contributed by atoms with Crippen molar-refractivity contribution in [2.75, 3.05) is 31.1 Å². The van der Waals surface area contributed by atoms with Gasteiger partial charge < -0.3 is 19.9 Å². The molecule has 2 atom stereocenters. The smallest absolute Gasteiger partial charge is 0.255 e. The largest absolute Gasteiger partial charge is 0.489 e. The molecule has 2 saturated heterocycles. The maximum Gasteiger partial charge on any atom is 0.255 e. The first-order chi connectivity index (χ1) is 20.8. The Kier molecular flexibility index (Phi) is 7.87. The highest BCUT2D eigenvalue weighted by atomic mass is 19.1. The molecular weight excluding hydrogens is 545 g/mol. The molecule has 0 aliphatic carbocycles. The summed E-state index contributed by atoms with van der Waals surface area (Å²) in [6.07, 6.45) is 1.22. The van der Waals surface area contributed by atoms with Gasteiger partial charge in [0, 0.05) is 49.0 Å². The minimum Gasteiger partial charge on any atom is -0.489 e. The first-order valence-electron chi connectivity index (χ1n) is 14.6. The van der Waals surface area contributed by atoms with Crippen molar-refractivity contribution in [3.8, 4) is 11.8 Å². The van der Waals surface area contributed by atoms with E-state index >= 15 is 0 Å². The molecule has 3 aromatic carbocycles. The Morgan fingerprint density at radius 3 is 2.56 bits per heavy atom. The molecule has 3 aliphatic rings. The molecular formula is C34H34FN5O3. The molecule has 220 valence electrons. The van der Waals surface area contributed by atoms with Gasteiger partial charge in [0.1, 0.15) is 24.2 Å². The quantitative estimate of drug-likeness (QED) is 0.428. The number of rotatable bonds is 7. The lowest BCUT2D eigenvalue weighted by Gasteiger charge is -2.39. The predicted octanol–water partition coefficient (Wildman–Crippen LogP) is 4.91. The lowest BCUT2D eigenvalue weighted by molar-refractivity contribution is -0.126. The third-order valence-electron chi connectivity index (χ3n) is 8.79. The zero-order valence-corrected chi connectivity index (χ0v) is 24.2. The van der Waals surface area contributed by atoms with Crippen molar-refractivity contribution in [3.63, 3.8) is 0 Å². The van der Waals surface area contributed by atoms with Crippen molar-refractivity contribution in [1.29, 1.82) is 5.26 Å². The number of carbonyl (C=O) groups is 2. The number of halogens is 1. The summed E-state index contributed by atoms with van der Waals surface area (Å²) >= 11 is 0. The van der Waals surface area contributed by atoms with Crippen LogP contribution in [0.3, 0.4) is 0 Å². The summed E-state index contributed by atoms with van der Waals surface area (Å²) in [7, 11) is 0. The number of ether oxygens (including phenoxy) is 1. The Morgan fingerprint density at radius 1 is 1.09 bits per heavy atom.